The number of methoxy groups -OCH3 is 1. The van der Waals surface area contributed by atoms with Crippen LogP contribution in [0.5, 0.6) is 5.75 Å². The standard InChI is InChI=1S/C24H21F2N5O3/c1-33-19-5-4-12-14(21(19)26)10-34-20-3-2-6-30(22(12)20)24(32)13-7-17-16(8-15(13)25)29-23(27)18-9-28-11-31(17)18/h4-5,7-9,11,20,22H,2-3,6,10H2,1H3,(H2,27,29). The van der Waals surface area contributed by atoms with Crippen LogP contribution in [0.1, 0.15) is 40.4 Å². The third-order valence-electron chi connectivity index (χ3n) is 6.76. The average molecular weight is 465 g/mol. The third kappa shape index (κ3) is 2.95. The highest BCUT2D eigenvalue weighted by Crippen LogP contribution is 2.42. The molecule has 2 aromatic carbocycles. The maximum absolute atomic E-state index is 15.2. The first-order chi connectivity index (χ1) is 16.5. The van der Waals surface area contributed by atoms with Crippen LogP contribution in [0.3, 0.4) is 0 Å². The van der Waals surface area contributed by atoms with Crippen LogP contribution in [0.4, 0.5) is 14.6 Å². The van der Waals surface area contributed by atoms with Gasteiger partial charge in [-0.1, -0.05) is 6.07 Å². The van der Waals surface area contributed by atoms with Gasteiger partial charge in [-0.05, 0) is 30.5 Å². The van der Waals surface area contributed by atoms with Crippen molar-refractivity contribution < 1.29 is 23.0 Å². The molecular weight excluding hydrogens is 444 g/mol. The van der Waals surface area contributed by atoms with Gasteiger partial charge in [0.2, 0.25) is 0 Å². The summed E-state index contributed by atoms with van der Waals surface area (Å²) < 4.78 is 42.9. The fourth-order valence-corrected chi connectivity index (χ4v) is 5.13. The summed E-state index contributed by atoms with van der Waals surface area (Å²) in [5, 5.41) is 0. The van der Waals surface area contributed by atoms with Crippen molar-refractivity contribution in [3.05, 3.63) is 65.1 Å². The Kier molecular flexibility index (Phi) is 4.66. The molecule has 2 atom stereocenters. The van der Waals surface area contributed by atoms with E-state index in [0.29, 0.717) is 40.6 Å². The molecule has 0 bridgehead atoms. The predicted octanol–water partition coefficient (Wildman–Crippen LogP) is 3.63. The van der Waals surface area contributed by atoms with Crippen molar-refractivity contribution in [1.29, 1.82) is 0 Å². The summed E-state index contributed by atoms with van der Waals surface area (Å²) in [6.07, 6.45) is 4.21. The van der Waals surface area contributed by atoms with Crippen molar-refractivity contribution in [1.82, 2.24) is 19.3 Å². The average Bonchev–Trinajstić information content (AvgIpc) is 3.34. The van der Waals surface area contributed by atoms with Crippen LogP contribution >= 0.6 is 0 Å². The van der Waals surface area contributed by atoms with E-state index < -0.39 is 23.6 Å². The summed E-state index contributed by atoms with van der Waals surface area (Å²) in [5.41, 5.74) is 8.27. The molecule has 2 aliphatic heterocycles. The molecule has 2 aromatic heterocycles. The Bertz CT molecular complexity index is 1470. The molecular formula is C24H21F2N5O3. The summed E-state index contributed by atoms with van der Waals surface area (Å²) in [7, 11) is 1.40. The lowest BCUT2D eigenvalue weighted by molar-refractivity contribution is -0.0584. The minimum absolute atomic E-state index is 0.0948. The van der Waals surface area contributed by atoms with Gasteiger partial charge in [0.1, 0.15) is 17.2 Å². The van der Waals surface area contributed by atoms with Gasteiger partial charge in [0, 0.05) is 18.2 Å². The Morgan fingerprint density at radius 2 is 2.12 bits per heavy atom. The molecule has 10 heteroatoms. The topological polar surface area (TPSA) is 95.0 Å². The van der Waals surface area contributed by atoms with Gasteiger partial charge in [-0.2, -0.15) is 0 Å². The number of amides is 1. The summed E-state index contributed by atoms with van der Waals surface area (Å²) in [6.45, 7) is 0.492. The quantitative estimate of drug-likeness (QED) is 0.486. The first kappa shape index (κ1) is 20.8. The molecule has 34 heavy (non-hydrogen) atoms. The molecule has 2 unspecified atom stereocenters. The smallest absolute Gasteiger partial charge is 0.257 e. The Balaban J connectivity index is 1.47. The number of piperidine rings is 1. The molecule has 0 aliphatic carbocycles. The second kappa shape index (κ2) is 7.63. The summed E-state index contributed by atoms with van der Waals surface area (Å²) in [6, 6.07) is 5.46. The van der Waals surface area contributed by atoms with Gasteiger partial charge < -0.3 is 20.1 Å². The number of nitrogen functional groups attached to an aromatic ring is 1. The van der Waals surface area contributed by atoms with E-state index in [1.807, 2.05) is 0 Å². The summed E-state index contributed by atoms with van der Waals surface area (Å²) in [5.74, 6) is -1.36. The van der Waals surface area contributed by atoms with Gasteiger partial charge in [0.25, 0.3) is 5.91 Å². The van der Waals surface area contributed by atoms with Crippen LogP contribution in [-0.2, 0) is 11.3 Å². The van der Waals surface area contributed by atoms with E-state index in [1.54, 1.807) is 34.0 Å². The van der Waals surface area contributed by atoms with Gasteiger partial charge in [0.15, 0.2) is 11.6 Å². The minimum Gasteiger partial charge on any atom is -0.494 e. The van der Waals surface area contributed by atoms with Gasteiger partial charge in [-0.3, -0.25) is 9.20 Å². The Labute approximate surface area is 192 Å². The highest BCUT2D eigenvalue weighted by Gasteiger charge is 2.42. The van der Waals surface area contributed by atoms with Crippen molar-refractivity contribution in [2.45, 2.75) is 31.6 Å². The summed E-state index contributed by atoms with van der Waals surface area (Å²) in [4.78, 5) is 23.6. The van der Waals surface area contributed by atoms with E-state index in [1.165, 1.54) is 19.2 Å². The number of carbonyl (C=O) groups is 1. The number of anilines is 1. The molecule has 4 heterocycles. The van der Waals surface area contributed by atoms with Gasteiger partial charge in [-0.15, -0.1) is 0 Å². The lowest BCUT2D eigenvalue weighted by Crippen LogP contribution is -2.48. The Morgan fingerprint density at radius 1 is 1.26 bits per heavy atom. The van der Waals surface area contributed by atoms with Gasteiger partial charge in [0.05, 0.1) is 55.0 Å². The first-order valence-corrected chi connectivity index (χ1v) is 11.0. The highest BCUT2D eigenvalue weighted by atomic mass is 19.1. The lowest BCUT2D eigenvalue weighted by atomic mass is 9.86. The van der Waals surface area contributed by atoms with Crippen molar-refractivity contribution in [3.8, 4) is 5.75 Å². The Morgan fingerprint density at radius 3 is 2.94 bits per heavy atom. The lowest BCUT2D eigenvalue weighted by Gasteiger charge is -2.44. The zero-order valence-electron chi connectivity index (χ0n) is 18.3. The van der Waals surface area contributed by atoms with E-state index in [4.69, 9.17) is 15.2 Å². The van der Waals surface area contributed by atoms with Crippen molar-refractivity contribution in [2.75, 3.05) is 19.4 Å². The number of benzene rings is 2. The summed E-state index contributed by atoms with van der Waals surface area (Å²) >= 11 is 0. The van der Waals surface area contributed by atoms with Crippen molar-refractivity contribution >= 4 is 28.3 Å². The molecule has 6 rings (SSSR count). The number of imidazole rings is 1. The molecule has 1 saturated heterocycles. The molecule has 4 aromatic rings. The number of carbonyl (C=O) groups excluding carboxylic acids is 1. The van der Waals surface area contributed by atoms with Crippen LogP contribution in [0, 0.1) is 11.6 Å². The first-order valence-electron chi connectivity index (χ1n) is 11.0. The van der Waals surface area contributed by atoms with Crippen LogP contribution in [0.2, 0.25) is 0 Å². The molecule has 8 nitrogen and oxygen atoms in total. The van der Waals surface area contributed by atoms with Crippen LogP contribution in [-0.4, -0.2) is 44.9 Å². The molecule has 0 saturated carbocycles. The predicted molar refractivity (Wildman–Crippen MR) is 119 cm³/mol. The van der Waals surface area contributed by atoms with Crippen LogP contribution in [0.15, 0.2) is 36.8 Å². The van der Waals surface area contributed by atoms with Crippen LogP contribution < -0.4 is 10.5 Å². The molecule has 0 spiro atoms. The number of fused-ring (bicyclic) bond motifs is 6. The number of nitrogens with two attached hydrogens (primary N) is 1. The monoisotopic (exact) mass is 465 g/mol. The normalized spacial score (nSPS) is 19.8. The van der Waals surface area contributed by atoms with Gasteiger partial charge >= 0.3 is 0 Å². The number of likely N-dealkylation sites (tertiary alicyclic amines) is 1. The number of nitrogens with zero attached hydrogens (tertiary/aromatic N) is 4. The zero-order valence-corrected chi connectivity index (χ0v) is 18.3. The number of halogens is 2. The number of ether oxygens (including phenoxy) is 2. The number of hydrogen-bond acceptors (Lipinski definition) is 6. The molecule has 174 valence electrons. The SMILES string of the molecule is COc1ccc2c(c1F)COC1CCCN(C(=O)c3cc4c(cc3F)nc(N)c3cncn34)C21. The molecule has 2 aliphatic rings. The van der Waals surface area contributed by atoms with Gasteiger partial charge in [-0.25, -0.2) is 18.7 Å². The molecule has 0 radical (unpaired) electrons. The number of aromatic nitrogens is 3. The maximum atomic E-state index is 15.2. The fraction of sp³-hybridized carbons (Fsp3) is 0.292. The molecule has 1 amide bonds. The third-order valence-corrected chi connectivity index (χ3v) is 6.76. The molecule has 2 N–H and O–H groups in total. The largest absolute Gasteiger partial charge is 0.494 e. The fourth-order valence-electron chi connectivity index (χ4n) is 5.13. The number of hydrogen-bond donors (Lipinski definition) is 1. The maximum Gasteiger partial charge on any atom is 0.257 e. The zero-order chi connectivity index (χ0) is 23.6. The van der Waals surface area contributed by atoms with E-state index in [-0.39, 0.29) is 29.8 Å². The van der Waals surface area contributed by atoms with Crippen molar-refractivity contribution in [2.24, 2.45) is 0 Å². The minimum atomic E-state index is -0.705. The second-order valence-corrected chi connectivity index (χ2v) is 8.55. The Hall–Kier alpha value is -3.79. The highest BCUT2D eigenvalue weighted by molar-refractivity contribution is 5.99. The van der Waals surface area contributed by atoms with E-state index in [0.717, 1.165) is 6.42 Å². The van der Waals surface area contributed by atoms with E-state index in [2.05, 4.69) is 9.97 Å². The number of rotatable bonds is 2. The molecule has 1 fully saturated rings. The van der Waals surface area contributed by atoms with Crippen molar-refractivity contribution in [3.63, 3.8) is 0 Å². The van der Waals surface area contributed by atoms with E-state index in [9.17, 15) is 9.18 Å². The van der Waals surface area contributed by atoms with E-state index >= 15 is 4.39 Å². The van der Waals surface area contributed by atoms with Crippen LogP contribution in [0.25, 0.3) is 16.6 Å². The second-order valence-electron chi connectivity index (χ2n) is 8.55.